The SMILES string of the molecule is CC/C=C\C/C=C\C/C=C\C/C=C\C/C=C\CCCCCCCCCCCCCCCCCCCCCC(=O)OC(COC(=O)CCCCCCCCCCCCCCCCC)COP(=O)(O)OCC[N+](C)(C)C. The van der Waals surface area contributed by atoms with Crippen molar-refractivity contribution in [2.24, 2.45) is 0 Å². The van der Waals surface area contributed by atoms with Crippen LogP contribution >= 0.6 is 7.82 Å². The summed E-state index contributed by atoms with van der Waals surface area (Å²) in [5.74, 6) is -0.783. The van der Waals surface area contributed by atoms with Crippen LogP contribution in [0.5, 0.6) is 0 Å². The second kappa shape index (κ2) is 55.5. The van der Waals surface area contributed by atoms with Crippen molar-refractivity contribution in [2.75, 3.05) is 47.5 Å². The van der Waals surface area contributed by atoms with Gasteiger partial charge in [-0.1, -0.05) is 274 Å². The highest BCUT2D eigenvalue weighted by molar-refractivity contribution is 7.47. The molecule has 0 fully saturated rings. The minimum atomic E-state index is -4.38. The maximum absolute atomic E-state index is 12.8. The van der Waals surface area contributed by atoms with E-state index in [2.05, 4.69) is 74.6 Å². The number of quaternary nitrogens is 1. The van der Waals surface area contributed by atoms with E-state index in [9.17, 15) is 19.0 Å². The summed E-state index contributed by atoms with van der Waals surface area (Å²) in [6.07, 6.45) is 71.6. The van der Waals surface area contributed by atoms with Gasteiger partial charge in [0.2, 0.25) is 0 Å². The number of carbonyl (C=O) groups is 2. The van der Waals surface area contributed by atoms with E-state index in [1.54, 1.807) is 0 Å². The van der Waals surface area contributed by atoms with E-state index in [0.29, 0.717) is 23.9 Å². The zero-order chi connectivity index (χ0) is 54.2. The Bertz CT molecular complexity index is 1430. The molecular weight excluding hydrogens is 942 g/mol. The van der Waals surface area contributed by atoms with Crippen LogP contribution < -0.4 is 0 Å². The first-order valence-corrected chi connectivity index (χ1v) is 32.5. The van der Waals surface area contributed by atoms with Crippen molar-refractivity contribution in [3.8, 4) is 0 Å². The van der Waals surface area contributed by atoms with Gasteiger partial charge in [-0.05, 0) is 57.8 Å². The predicted molar refractivity (Wildman–Crippen MR) is 316 cm³/mol. The molecule has 0 aromatic carbocycles. The van der Waals surface area contributed by atoms with Crippen LogP contribution in [0.2, 0.25) is 0 Å². The topological polar surface area (TPSA) is 108 Å². The number of phosphoric ester groups is 1. The van der Waals surface area contributed by atoms with Crippen LogP contribution in [0.25, 0.3) is 0 Å². The highest BCUT2D eigenvalue weighted by Crippen LogP contribution is 2.43. The lowest BCUT2D eigenvalue weighted by Gasteiger charge is -2.24. The fraction of sp³-hybridized carbons (Fsp3) is 0.812. The Labute approximate surface area is 457 Å². The number of unbranched alkanes of at least 4 members (excludes halogenated alkanes) is 33. The van der Waals surface area contributed by atoms with Crippen molar-refractivity contribution in [1.82, 2.24) is 0 Å². The molecule has 0 amide bonds. The summed E-state index contributed by atoms with van der Waals surface area (Å²) < 4.78 is 34.6. The molecule has 0 aromatic heterocycles. The lowest BCUT2D eigenvalue weighted by atomic mass is 10.0. The molecule has 0 aliphatic rings. The van der Waals surface area contributed by atoms with Gasteiger partial charge in [-0.15, -0.1) is 0 Å². The quantitative estimate of drug-likeness (QED) is 0.0211. The third kappa shape index (κ3) is 59.0. The fourth-order valence-corrected chi connectivity index (χ4v) is 9.55. The van der Waals surface area contributed by atoms with Crippen molar-refractivity contribution >= 4 is 19.8 Å². The smallest absolute Gasteiger partial charge is 0.462 e. The molecule has 0 heterocycles. The first-order valence-electron chi connectivity index (χ1n) is 31.0. The minimum absolute atomic E-state index is 0.0335. The van der Waals surface area contributed by atoms with Crippen molar-refractivity contribution in [3.63, 3.8) is 0 Å². The summed E-state index contributed by atoms with van der Waals surface area (Å²) in [5.41, 5.74) is 0. The first-order chi connectivity index (χ1) is 36.0. The van der Waals surface area contributed by atoms with Gasteiger partial charge in [0.1, 0.15) is 19.8 Å². The first kappa shape index (κ1) is 71.7. The van der Waals surface area contributed by atoms with Crippen LogP contribution in [0.1, 0.15) is 284 Å². The Morgan fingerprint density at radius 1 is 0.432 bits per heavy atom. The summed E-state index contributed by atoms with van der Waals surface area (Å²) >= 11 is 0. The molecule has 0 saturated carbocycles. The molecule has 2 atom stereocenters. The van der Waals surface area contributed by atoms with E-state index < -0.39 is 26.5 Å². The molecule has 0 rings (SSSR count). The molecule has 2 unspecified atom stereocenters. The summed E-state index contributed by atoms with van der Waals surface area (Å²) in [5, 5.41) is 0. The summed E-state index contributed by atoms with van der Waals surface area (Å²) in [7, 11) is 1.49. The number of nitrogens with zero attached hydrogens (tertiary/aromatic N) is 1. The summed E-state index contributed by atoms with van der Waals surface area (Å²) in [6, 6.07) is 0. The normalized spacial score (nSPS) is 13.6. The molecule has 0 aliphatic heterocycles. The van der Waals surface area contributed by atoms with Crippen molar-refractivity contribution in [3.05, 3.63) is 60.8 Å². The Morgan fingerprint density at radius 2 is 0.770 bits per heavy atom. The number of allylic oxidation sites excluding steroid dienone is 10. The van der Waals surface area contributed by atoms with E-state index in [1.165, 1.54) is 186 Å². The van der Waals surface area contributed by atoms with Gasteiger partial charge >= 0.3 is 19.8 Å². The zero-order valence-corrected chi connectivity index (χ0v) is 50.0. The molecule has 1 N–H and O–H groups in total. The minimum Gasteiger partial charge on any atom is -0.462 e. The van der Waals surface area contributed by atoms with Gasteiger partial charge in [0.25, 0.3) is 0 Å². The van der Waals surface area contributed by atoms with E-state index in [1.807, 2.05) is 21.1 Å². The maximum Gasteiger partial charge on any atom is 0.472 e. The highest BCUT2D eigenvalue weighted by atomic mass is 31.2. The van der Waals surface area contributed by atoms with Crippen LogP contribution in [0.15, 0.2) is 60.8 Å². The number of carbonyl (C=O) groups excluding carboxylic acids is 2. The van der Waals surface area contributed by atoms with Crippen molar-refractivity contribution in [1.29, 1.82) is 0 Å². The molecule has 10 heteroatoms. The van der Waals surface area contributed by atoms with Gasteiger partial charge in [0.15, 0.2) is 6.10 Å². The molecule has 0 aromatic rings. The standard InChI is InChI=1S/C64H118NO8P/c1-6-8-10-12-14-16-18-20-22-23-24-25-26-27-28-29-30-31-32-33-34-35-36-37-38-39-40-41-43-45-47-49-51-53-55-57-64(67)73-62(61-72-74(68,69)71-59-58-65(3,4)5)60-70-63(66)56-54-52-50-48-46-44-42-21-19-17-15-13-11-9-7-2/h8,10,14,16,20,22,24-25,27-28,62H,6-7,9,11-13,15,17-19,21,23,26,29-61H2,1-5H3/p+1/b10-8-,16-14-,22-20-,25-24-,28-27-. The van der Waals surface area contributed by atoms with Gasteiger partial charge in [-0.2, -0.15) is 0 Å². The number of hydrogen-bond acceptors (Lipinski definition) is 7. The number of likely N-dealkylation sites (N-methyl/N-ethyl adjacent to an activating group) is 1. The highest BCUT2D eigenvalue weighted by Gasteiger charge is 2.27. The Kier molecular flexibility index (Phi) is 53.7. The Hall–Kier alpha value is -2.29. The van der Waals surface area contributed by atoms with Crippen LogP contribution in [-0.2, 0) is 32.7 Å². The van der Waals surface area contributed by atoms with Crippen LogP contribution in [0.4, 0.5) is 0 Å². The molecule has 74 heavy (non-hydrogen) atoms. The van der Waals surface area contributed by atoms with Gasteiger partial charge in [-0.25, -0.2) is 4.57 Å². The van der Waals surface area contributed by atoms with E-state index in [-0.39, 0.29) is 25.6 Å². The van der Waals surface area contributed by atoms with E-state index in [0.717, 1.165) is 64.2 Å². The second-order valence-electron chi connectivity index (χ2n) is 22.1. The molecule has 0 aliphatic carbocycles. The molecular formula is C64H119NO8P+. The van der Waals surface area contributed by atoms with Crippen LogP contribution in [0.3, 0.4) is 0 Å². The third-order valence-electron chi connectivity index (χ3n) is 13.6. The number of phosphoric acid groups is 1. The predicted octanol–water partition coefficient (Wildman–Crippen LogP) is 19.5. The van der Waals surface area contributed by atoms with Gasteiger partial charge in [0, 0.05) is 12.8 Å². The number of rotatable bonds is 57. The average Bonchev–Trinajstić information content (AvgIpc) is 3.36. The van der Waals surface area contributed by atoms with E-state index >= 15 is 0 Å². The second-order valence-corrected chi connectivity index (χ2v) is 23.5. The van der Waals surface area contributed by atoms with Gasteiger partial charge in [0.05, 0.1) is 27.7 Å². The molecule has 0 bridgehead atoms. The number of esters is 2. The van der Waals surface area contributed by atoms with Gasteiger partial charge in [-0.3, -0.25) is 18.6 Å². The largest absolute Gasteiger partial charge is 0.472 e. The lowest BCUT2D eigenvalue weighted by Crippen LogP contribution is -2.37. The van der Waals surface area contributed by atoms with E-state index in [4.69, 9.17) is 18.5 Å². The van der Waals surface area contributed by atoms with Crippen LogP contribution in [0, 0.1) is 0 Å². The average molecular weight is 1060 g/mol. The van der Waals surface area contributed by atoms with Crippen LogP contribution in [-0.4, -0.2) is 74.9 Å². The fourth-order valence-electron chi connectivity index (χ4n) is 8.81. The molecule has 432 valence electrons. The summed E-state index contributed by atoms with van der Waals surface area (Å²) in [6.45, 7) is 4.36. The lowest BCUT2D eigenvalue weighted by molar-refractivity contribution is -0.870. The zero-order valence-electron chi connectivity index (χ0n) is 49.1. The molecule has 9 nitrogen and oxygen atoms in total. The van der Waals surface area contributed by atoms with Crippen molar-refractivity contribution in [2.45, 2.75) is 290 Å². The number of ether oxygens (including phenoxy) is 2. The monoisotopic (exact) mass is 1060 g/mol. The molecule has 0 spiro atoms. The third-order valence-corrected chi connectivity index (χ3v) is 14.5. The summed E-state index contributed by atoms with van der Waals surface area (Å²) in [4.78, 5) is 35.7. The van der Waals surface area contributed by atoms with Crippen molar-refractivity contribution < 1.29 is 42.1 Å². The molecule has 0 radical (unpaired) electrons. The van der Waals surface area contributed by atoms with Gasteiger partial charge < -0.3 is 18.9 Å². The number of hydrogen-bond donors (Lipinski definition) is 1. The Morgan fingerprint density at radius 3 is 1.15 bits per heavy atom. The maximum atomic E-state index is 12.8. The Balaban J connectivity index is 3.99. The molecule has 0 saturated heterocycles.